The predicted octanol–water partition coefficient (Wildman–Crippen LogP) is 1.39. The van der Waals surface area contributed by atoms with E-state index < -0.39 is 0 Å². The molecule has 52 valence electrons. The van der Waals surface area contributed by atoms with Gasteiger partial charge in [-0.3, -0.25) is 0 Å². The van der Waals surface area contributed by atoms with Crippen LogP contribution in [0.4, 0.5) is 0 Å². The minimum absolute atomic E-state index is 0.699. The molecule has 0 unspecified atom stereocenters. The molecule has 0 saturated heterocycles. The van der Waals surface area contributed by atoms with Crippen molar-refractivity contribution in [1.82, 2.24) is 5.32 Å². The van der Waals surface area contributed by atoms with Gasteiger partial charge in [0.25, 0.3) is 0 Å². The van der Waals surface area contributed by atoms with Gasteiger partial charge < -0.3 is 5.32 Å². The molecule has 0 atom stereocenters. The fourth-order valence-corrected chi connectivity index (χ4v) is 1.40. The molecule has 0 spiro atoms. The van der Waals surface area contributed by atoms with Gasteiger partial charge in [-0.05, 0) is 31.2 Å². The molecule has 2 aliphatic carbocycles. The molecular weight excluding hydrogens is 110 g/mol. The Balaban J connectivity index is 1.68. The zero-order valence-electron chi connectivity index (χ0n) is 6.28. The van der Waals surface area contributed by atoms with E-state index in [4.69, 9.17) is 0 Å². The molecule has 0 amide bonds. The molecule has 0 aromatic carbocycles. The Morgan fingerprint density at radius 2 is 2.11 bits per heavy atom. The molecule has 0 radical (unpaired) electrons. The minimum atomic E-state index is 0.699. The van der Waals surface area contributed by atoms with Crippen LogP contribution in [-0.4, -0.2) is 12.1 Å². The van der Waals surface area contributed by atoms with Crippen molar-refractivity contribution in [2.24, 2.45) is 11.8 Å². The zero-order chi connectivity index (χ0) is 6.48. The number of fused-ring (bicyclic) bond motifs is 1. The van der Waals surface area contributed by atoms with Crippen LogP contribution < -0.4 is 5.32 Å². The van der Waals surface area contributed by atoms with Crippen molar-refractivity contribution in [2.45, 2.75) is 32.2 Å². The Hall–Kier alpha value is -0.0400. The van der Waals surface area contributed by atoms with E-state index in [2.05, 4.69) is 19.2 Å². The Bertz CT molecular complexity index is 123. The summed E-state index contributed by atoms with van der Waals surface area (Å²) in [5, 5.41) is 3.61. The second kappa shape index (κ2) is 1.51. The molecular formula is C8H15N. The molecule has 1 heteroatoms. The second-order valence-corrected chi connectivity index (χ2v) is 4.04. The van der Waals surface area contributed by atoms with Crippen molar-refractivity contribution in [3.05, 3.63) is 0 Å². The van der Waals surface area contributed by atoms with Crippen LogP contribution in [0.3, 0.4) is 0 Å². The monoisotopic (exact) mass is 125 g/mol. The predicted molar refractivity (Wildman–Crippen MR) is 38.3 cm³/mol. The van der Waals surface area contributed by atoms with Crippen LogP contribution in [0.25, 0.3) is 0 Å². The number of hydrogen-bond donors (Lipinski definition) is 1. The topological polar surface area (TPSA) is 12.0 Å². The van der Waals surface area contributed by atoms with E-state index in [9.17, 15) is 0 Å². The van der Waals surface area contributed by atoms with Crippen LogP contribution in [0, 0.1) is 11.8 Å². The van der Waals surface area contributed by atoms with Crippen molar-refractivity contribution in [1.29, 1.82) is 0 Å². The van der Waals surface area contributed by atoms with Gasteiger partial charge in [0.15, 0.2) is 0 Å². The molecule has 9 heavy (non-hydrogen) atoms. The van der Waals surface area contributed by atoms with Crippen molar-refractivity contribution < 1.29 is 0 Å². The standard InChI is InChI=1S/C8H15N/c1-6(2)5-9-8-3-7(8)4-8/h6-7,9H,3-5H2,1-2H3. The lowest BCUT2D eigenvalue weighted by atomic mass is 10.2. The van der Waals surface area contributed by atoms with E-state index in [0.717, 1.165) is 11.8 Å². The third-order valence-corrected chi connectivity index (χ3v) is 2.54. The van der Waals surface area contributed by atoms with Crippen LogP contribution in [0.15, 0.2) is 0 Å². The van der Waals surface area contributed by atoms with Crippen molar-refractivity contribution in [3.63, 3.8) is 0 Å². The summed E-state index contributed by atoms with van der Waals surface area (Å²) in [5.74, 6) is 1.91. The first-order valence-electron chi connectivity index (χ1n) is 3.98. The third-order valence-electron chi connectivity index (χ3n) is 2.54. The van der Waals surface area contributed by atoms with Crippen molar-refractivity contribution in [3.8, 4) is 0 Å². The van der Waals surface area contributed by atoms with Crippen LogP contribution in [0.5, 0.6) is 0 Å². The SMILES string of the molecule is CC(C)CNC12CC1C2. The summed E-state index contributed by atoms with van der Waals surface area (Å²) in [7, 11) is 0. The van der Waals surface area contributed by atoms with Crippen molar-refractivity contribution >= 4 is 0 Å². The minimum Gasteiger partial charge on any atom is -0.311 e. The van der Waals surface area contributed by atoms with Gasteiger partial charge in [-0.1, -0.05) is 13.8 Å². The van der Waals surface area contributed by atoms with Gasteiger partial charge in [0.05, 0.1) is 0 Å². The van der Waals surface area contributed by atoms with Gasteiger partial charge >= 0.3 is 0 Å². The van der Waals surface area contributed by atoms with E-state index in [-0.39, 0.29) is 0 Å². The molecule has 2 aliphatic rings. The van der Waals surface area contributed by atoms with Gasteiger partial charge in [-0.15, -0.1) is 0 Å². The summed E-state index contributed by atoms with van der Waals surface area (Å²) in [5.41, 5.74) is 0.699. The van der Waals surface area contributed by atoms with Gasteiger partial charge in [0.2, 0.25) is 0 Å². The Morgan fingerprint density at radius 3 is 2.44 bits per heavy atom. The largest absolute Gasteiger partial charge is 0.311 e. The van der Waals surface area contributed by atoms with Crippen LogP contribution in [-0.2, 0) is 0 Å². The molecule has 2 saturated carbocycles. The number of hydrogen-bond acceptors (Lipinski definition) is 1. The highest BCUT2D eigenvalue weighted by molar-refractivity contribution is 5.26. The summed E-state index contributed by atoms with van der Waals surface area (Å²) in [4.78, 5) is 0. The third kappa shape index (κ3) is 0.877. The first kappa shape index (κ1) is 5.72. The summed E-state index contributed by atoms with van der Waals surface area (Å²) >= 11 is 0. The molecule has 1 nitrogen and oxygen atoms in total. The molecule has 2 rings (SSSR count). The van der Waals surface area contributed by atoms with E-state index in [1.54, 1.807) is 0 Å². The smallest absolute Gasteiger partial charge is 0.0217 e. The number of nitrogens with one attached hydrogen (secondary N) is 1. The first-order chi connectivity index (χ1) is 4.23. The summed E-state index contributed by atoms with van der Waals surface area (Å²) in [6.07, 6.45) is 2.94. The lowest BCUT2D eigenvalue weighted by Gasteiger charge is -2.08. The molecule has 0 heterocycles. The average molecular weight is 125 g/mol. The fraction of sp³-hybridized carbons (Fsp3) is 1.00. The van der Waals surface area contributed by atoms with E-state index in [1.807, 2.05) is 0 Å². The van der Waals surface area contributed by atoms with Crippen LogP contribution in [0.1, 0.15) is 26.7 Å². The highest BCUT2D eigenvalue weighted by Gasteiger charge is 2.69. The van der Waals surface area contributed by atoms with Crippen LogP contribution in [0.2, 0.25) is 0 Å². The Labute approximate surface area is 56.8 Å². The van der Waals surface area contributed by atoms with Crippen molar-refractivity contribution in [2.75, 3.05) is 6.54 Å². The van der Waals surface area contributed by atoms with E-state index in [1.165, 1.54) is 19.4 Å². The van der Waals surface area contributed by atoms with Gasteiger partial charge in [0, 0.05) is 5.54 Å². The zero-order valence-corrected chi connectivity index (χ0v) is 6.28. The Kier molecular flexibility index (Phi) is 0.963. The first-order valence-corrected chi connectivity index (χ1v) is 3.98. The number of rotatable bonds is 3. The van der Waals surface area contributed by atoms with E-state index in [0.29, 0.717) is 5.54 Å². The quantitative estimate of drug-likeness (QED) is 0.601. The molecule has 0 bridgehead atoms. The average Bonchev–Trinajstić information content (AvgIpc) is 2.44. The molecule has 0 aromatic rings. The lowest BCUT2D eigenvalue weighted by molar-refractivity contribution is 0.505. The molecule has 2 fully saturated rings. The molecule has 0 aromatic heterocycles. The van der Waals surface area contributed by atoms with Gasteiger partial charge in [-0.25, -0.2) is 0 Å². The van der Waals surface area contributed by atoms with E-state index >= 15 is 0 Å². The Morgan fingerprint density at radius 1 is 1.56 bits per heavy atom. The normalized spacial score (nSPS) is 45.0. The van der Waals surface area contributed by atoms with Gasteiger partial charge in [0.1, 0.15) is 0 Å². The van der Waals surface area contributed by atoms with Crippen LogP contribution >= 0.6 is 0 Å². The lowest BCUT2D eigenvalue weighted by Crippen LogP contribution is -2.27. The second-order valence-electron chi connectivity index (χ2n) is 4.04. The molecule has 0 aliphatic heterocycles. The van der Waals surface area contributed by atoms with Gasteiger partial charge in [-0.2, -0.15) is 0 Å². The highest BCUT2D eigenvalue weighted by atomic mass is 15.1. The summed E-state index contributed by atoms with van der Waals surface area (Å²) in [6, 6.07) is 0. The highest BCUT2D eigenvalue weighted by Crippen LogP contribution is 2.66. The summed E-state index contributed by atoms with van der Waals surface area (Å²) < 4.78 is 0. The fourth-order valence-electron chi connectivity index (χ4n) is 1.40. The maximum atomic E-state index is 3.61. The maximum Gasteiger partial charge on any atom is 0.0217 e. The molecule has 1 N–H and O–H groups in total. The summed E-state index contributed by atoms with van der Waals surface area (Å²) in [6.45, 7) is 5.75. The maximum absolute atomic E-state index is 3.61.